The zero-order valence-corrected chi connectivity index (χ0v) is 9.90. The van der Waals surface area contributed by atoms with Gasteiger partial charge in [0, 0.05) is 26.3 Å². The maximum absolute atomic E-state index is 5.57. The van der Waals surface area contributed by atoms with Crippen LogP contribution in [0.3, 0.4) is 0 Å². The number of rotatable bonds is 7. The first kappa shape index (κ1) is 12.0. The van der Waals surface area contributed by atoms with Crippen molar-refractivity contribution in [2.45, 2.75) is 0 Å². The van der Waals surface area contributed by atoms with Gasteiger partial charge in [-0.1, -0.05) is 0 Å². The van der Waals surface area contributed by atoms with Crippen LogP contribution in [-0.4, -0.2) is 40.2 Å². The fourth-order valence-electron chi connectivity index (χ4n) is 1.51. The maximum Gasteiger partial charge on any atom is 0.231 e. The van der Waals surface area contributed by atoms with E-state index in [0.29, 0.717) is 13.2 Å². The van der Waals surface area contributed by atoms with Crippen LogP contribution in [0, 0.1) is 0 Å². The predicted molar refractivity (Wildman–Crippen MR) is 62.8 cm³/mol. The lowest BCUT2D eigenvalue weighted by Gasteiger charge is -2.07. The molecule has 94 valence electrons. The van der Waals surface area contributed by atoms with Crippen LogP contribution in [0.4, 0.5) is 0 Å². The van der Waals surface area contributed by atoms with E-state index in [-0.39, 0.29) is 6.79 Å². The molecule has 5 heteroatoms. The van der Waals surface area contributed by atoms with Crippen molar-refractivity contribution in [3.05, 3.63) is 18.2 Å². The lowest BCUT2D eigenvalue weighted by atomic mass is 10.3. The molecule has 1 aliphatic heterocycles. The third kappa shape index (κ3) is 3.51. The molecule has 0 spiro atoms. The summed E-state index contributed by atoms with van der Waals surface area (Å²) in [6.45, 7) is 3.24. The molecule has 0 saturated heterocycles. The van der Waals surface area contributed by atoms with Gasteiger partial charge in [-0.3, -0.25) is 0 Å². The van der Waals surface area contributed by atoms with Crippen LogP contribution in [0.15, 0.2) is 18.2 Å². The van der Waals surface area contributed by atoms with E-state index >= 15 is 0 Å². The zero-order chi connectivity index (χ0) is 11.9. The molecule has 0 unspecified atom stereocenters. The first-order valence-corrected chi connectivity index (χ1v) is 5.62. The van der Waals surface area contributed by atoms with Gasteiger partial charge in [0.05, 0.1) is 6.61 Å². The Hall–Kier alpha value is -1.46. The normalized spacial score (nSPS) is 12.8. The van der Waals surface area contributed by atoms with E-state index in [1.807, 2.05) is 18.2 Å². The van der Waals surface area contributed by atoms with Crippen molar-refractivity contribution >= 4 is 0 Å². The molecule has 5 nitrogen and oxygen atoms in total. The highest BCUT2D eigenvalue weighted by atomic mass is 16.7. The first-order valence-electron chi connectivity index (χ1n) is 5.62. The summed E-state index contributed by atoms with van der Waals surface area (Å²) in [6.07, 6.45) is 0. The second kappa shape index (κ2) is 6.32. The molecule has 0 aromatic heterocycles. The Bertz CT molecular complexity index is 356. The van der Waals surface area contributed by atoms with Gasteiger partial charge in [0.2, 0.25) is 6.79 Å². The molecule has 1 aromatic carbocycles. The average Bonchev–Trinajstić information content (AvgIpc) is 2.81. The zero-order valence-electron chi connectivity index (χ0n) is 9.90. The van der Waals surface area contributed by atoms with Gasteiger partial charge in [-0.25, -0.2) is 0 Å². The van der Waals surface area contributed by atoms with Gasteiger partial charge in [-0.05, 0) is 12.1 Å². The number of hydrogen-bond donors (Lipinski definition) is 1. The van der Waals surface area contributed by atoms with Crippen molar-refractivity contribution in [1.29, 1.82) is 0 Å². The Balaban J connectivity index is 1.69. The van der Waals surface area contributed by atoms with Crippen LogP contribution < -0.4 is 19.5 Å². The number of methoxy groups -OCH3 is 1. The van der Waals surface area contributed by atoms with Crippen molar-refractivity contribution in [2.75, 3.05) is 40.2 Å². The van der Waals surface area contributed by atoms with E-state index in [9.17, 15) is 0 Å². The summed E-state index contributed by atoms with van der Waals surface area (Å²) in [5.74, 6) is 2.31. The molecular weight excluding hydrogens is 222 g/mol. The van der Waals surface area contributed by atoms with E-state index < -0.39 is 0 Å². The monoisotopic (exact) mass is 239 g/mol. The molecule has 17 heavy (non-hydrogen) atoms. The van der Waals surface area contributed by atoms with Crippen LogP contribution in [0.2, 0.25) is 0 Å². The third-order valence-corrected chi connectivity index (χ3v) is 2.37. The van der Waals surface area contributed by atoms with Gasteiger partial charge in [0.1, 0.15) is 12.4 Å². The van der Waals surface area contributed by atoms with Gasteiger partial charge < -0.3 is 24.3 Å². The fourth-order valence-corrected chi connectivity index (χ4v) is 1.51. The van der Waals surface area contributed by atoms with Crippen molar-refractivity contribution in [2.24, 2.45) is 0 Å². The molecule has 0 radical (unpaired) electrons. The second-order valence-corrected chi connectivity index (χ2v) is 3.61. The fraction of sp³-hybridized carbons (Fsp3) is 0.500. The Morgan fingerprint density at radius 2 is 2.00 bits per heavy atom. The van der Waals surface area contributed by atoms with Gasteiger partial charge in [0.25, 0.3) is 0 Å². The van der Waals surface area contributed by atoms with Crippen molar-refractivity contribution in [1.82, 2.24) is 5.32 Å². The molecule has 0 atom stereocenters. The van der Waals surface area contributed by atoms with E-state index in [1.54, 1.807) is 7.11 Å². The molecule has 0 bridgehead atoms. The van der Waals surface area contributed by atoms with Gasteiger partial charge in [0.15, 0.2) is 11.5 Å². The summed E-state index contributed by atoms with van der Waals surface area (Å²) < 4.78 is 21.0. The average molecular weight is 239 g/mol. The van der Waals surface area contributed by atoms with E-state index in [1.165, 1.54) is 0 Å². The molecule has 0 amide bonds. The van der Waals surface area contributed by atoms with E-state index in [4.69, 9.17) is 18.9 Å². The smallest absolute Gasteiger partial charge is 0.231 e. The quantitative estimate of drug-likeness (QED) is 0.720. The van der Waals surface area contributed by atoms with Gasteiger partial charge in [-0.15, -0.1) is 0 Å². The number of benzene rings is 1. The summed E-state index contributed by atoms with van der Waals surface area (Å²) >= 11 is 0. The van der Waals surface area contributed by atoms with Crippen LogP contribution in [0.1, 0.15) is 0 Å². The minimum Gasteiger partial charge on any atom is -0.492 e. The molecular formula is C12H17NO4. The van der Waals surface area contributed by atoms with Crippen molar-refractivity contribution < 1.29 is 18.9 Å². The van der Waals surface area contributed by atoms with Crippen LogP contribution in [0.25, 0.3) is 0 Å². The van der Waals surface area contributed by atoms with E-state index in [2.05, 4.69) is 5.32 Å². The van der Waals surface area contributed by atoms with Crippen LogP contribution in [0.5, 0.6) is 17.2 Å². The Labute approximate surface area is 101 Å². The first-order chi connectivity index (χ1) is 8.40. The molecule has 0 fully saturated rings. The largest absolute Gasteiger partial charge is 0.492 e. The summed E-state index contributed by atoms with van der Waals surface area (Å²) in [7, 11) is 1.69. The predicted octanol–water partition coefficient (Wildman–Crippen LogP) is 1.03. The highest BCUT2D eigenvalue weighted by Gasteiger charge is 2.13. The molecule has 0 saturated carbocycles. The topological polar surface area (TPSA) is 49.0 Å². The van der Waals surface area contributed by atoms with Crippen molar-refractivity contribution in [3.63, 3.8) is 0 Å². The lowest BCUT2D eigenvalue weighted by Crippen LogP contribution is -2.24. The summed E-state index contributed by atoms with van der Waals surface area (Å²) in [5.41, 5.74) is 0. The Morgan fingerprint density at radius 3 is 2.88 bits per heavy atom. The maximum atomic E-state index is 5.57. The standard InChI is InChI=1S/C12H17NO4/c1-14-6-4-13-5-7-15-10-2-3-11-12(8-10)17-9-16-11/h2-3,8,13H,4-7,9H2,1H3. The number of fused-ring (bicyclic) bond motifs is 1. The van der Waals surface area contributed by atoms with Crippen LogP contribution in [-0.2, 0) is 4.74 Å². The minimum atomic E-state index is 0.289. The number of nitrogens with one attached hydrogen (secondary N) is 1. The minimum absolute atomic E-state index is 0.289. The van der Waals surface area contributed by atoms with E-state index in [0.717, 1.165) is 30.3 Å². The Morgan fingerprint density at radius 1 is 1.18 bits per heavy atom. The summed E-state index contributed by atoms with van der Waals surface area (Å²) in [6, 6.07) is 5.58. The van der Waals surface area contributed by atoms with Crippen molar-refractivity contribution in [3.8, 4) is 17.2 Å². The highest BCUT2D eigenvalue weighted by molar-refractivity contribution is 5.46. The third-order valence-electron chi connectivity index (χ3n) is 2.37. The molecule has 1 heterocycles. The number of ether oxygens (including phenoxy) is 4. The number of hydrogen-bond acceptors (Lipinski definition) is 5. The Kier molecular flexibility index (Phi) is 4.46. The molecule has 1 N–H and O–H groups in total. The highest BCUT2D eigenvalue weighted by Crippen LogP contribution is 2.34. The second-order valence-electron chi connectivity index (χ2n) is 3.61. The molecule has 1 aromatic rings. The molecule has 1 aliphatic rings. The summed E-state index contributed by atoms with van der Waals surface area (Å²) in [5, 5.41) is 3.20. The lowest BCUT2D eigenvalue weighted by molar-refractivity contribution is 0.173. The summed E-state index contributed by atoms with van der Waals surface area (Å²) in [4.78, 5) is 0. The van der Waals surface area contributed by atoms with Gasteiger partial charge in [-0.2, -0.15) is 0 Å². The van der Waals surface area contributed by atoms with Crippen LogP contribution >= 0.6 is 0 Å². The molecule has 2 rings (SSSR count). The van der Waals surface area contributed by atoms with Gasteiger partial charge >= 0.3 is 0 Å². The SMILES string of the molecule is COCCNCCOc1ccc2c(c1)OCO2. The molecule has 0 aliphatic carbocycles.